The first-order chi connectivity index (χ1) is 11.3. The van der Waals surface area contributed by atoms with Crippen LogP contribution in [0.1, 0.15) is 40.5 Å². The Hall–Kier alpha value is -0.770. The fourth-order valence-electron chi connectivity index (χ4n) is 2.57. The SMILES string of the molecule is CCOC1CCN(C(=NC)NCCN(C)C(=O)OC(C)(C)C)CC1.I. The van der Waals surface area contributed by atoms with Gasteiger partial charge in [0.1, 0.15) is 5.60 Å². The van der Waals surface area contributed by atoms with Crippen LogP contribution in [0.4, 0.5) is 4.79 Å². The Kier molecular flexibility index (Phi) is 11.4. The van der Waals surface area contributed by atoms with Crippen LogP contribution in [0.3, 0.4) is 0 Å². The fourth-order valence-corrected chi connectivity index (χ4v) is 2.57. The van der Waals surface area contributed by atoms with Crippen LogP contribution in [0, 0.1) is 0 Å². The van der Waals surface area contributed by atoms with Crippen LogP contribution in [0.15, 0.2) is 4.99 Å². The van der Waals surface area contributed by atoms with Crippen molar-refractivity contribution in [3.8, 4) is 0 Å². The van der Waals surface area contributed by atoms with Gasteiger partial charge in [0, 0.05) is 46.9 Å². The highest BCUT2D eigenvalue weighted by Crippen LogP contribution is 2.13. The van der Waals surface area contributed by atoms with E-state index < -0.39 is 5.60 Å². The summed E-state index contributed by atoms with van der Waals surface area (Å²) in [5.74, 6) is 0.877. The van der Waals surface area contributed by atoms with Crippen molar-refractivity contribution >= 4 is 36.0 Å². The fraction of sp³-hybridized carbons (Fsp3) is 0.882. The van der Waals surface area contributed by atoms with Crippen molar-refractivity contribution in [3.05, 3.63) is 0 Å². The lowest BCUT2D eigenvalue weighted by molar-refractivity contribution is 0.0258. The number of guanidine groups is 1. The molecule has 1 N–H and O–H groups in total. The highest BCUT2D eigenvalue weighted by Gasteiger charge is 2.22. The number of piperidine rings is 1. The summed E-state index contributed by atoms with van der Waals surface area (Å²) >= 11 is 0. The van der Waals surface area contributed by atoms with Crippen molar-refractivity contribution in [2.24, 2.45) is 4.99 Å². The molecule has 8 heteroatoms. The first-order valence-electron chi connectivity index (χ1n) is 8.78. The van der Waals surface area contributed by atoms with Gasteiger partial charge >= 0.3 is 6.09 Å². The second-order valence-corrected chi connectivity index (χ2v) is 7.02. The Balaban J connectivity index is 0.00000576. The van der Waals surface area contributed by atoms with Gasteiger partial charge in [-0.15, -0.1) is 24.0 Å². The quantitative estimate of drug-likeness (QED) is 0.380. The summed E-state index contributed by atoms with van der Waals surface area (Å²) in [4.78, 5) is 20.1. The van der Waals surface area contributed by atoms with Gasteiger partial charge in [-0.25, -0.2) is 4.79 Å². The van der Waals surface area contributed by atoms with E-state index in [2.05, 4.69) is 15.2 Å². The number of hydrogen-bond acceptors (Lipinski definition) is 4. The van der Waals surface area contributed by atoms with Crippen LogP contribution < -0.4 is 5.32 Å². The molecule has 25 heavy (non-hydrogen) atoms. The van der Waals surface area contributed by atoms with E-state index in [1.165, 1.54) is 0 Å². The third kappa shape index (κ3) is 9.48. The molecule has 1 rings (SSSR count). The molecule has 0 unspecified atom stereocenters. The number of rotatable bonds is 5. The second-order valence-electron chi connectivity index (χ2n) is 7.02. The Morgan fingerprint density at radius 1 is 1.32 bits per heavy atom. The molecule has 0 spiro atoms. The molecule has 0 aromatic heterocycles. The number of likely N-dealkylation sites (tertiary alicyclic amines) is 1. The van der Waals surface area contributed by atoms with Crippen molar-refractivity contribution in [3.63, 3.8) is 0 Å². The predicted octanol–water partition coefficient (Wildman–Crippen LogP) is 2.55. The molecule has 7 nitrogen and oxygen atoms in total. The first kappa shape index (κ1) is 24.2. The lowest BCUT2D eigenvalue weighted by atomic mass is 10.1. The molecule has 1 aliphatic heterocycles. The number of likely N-dealkylation sites (N-methyl/N-ethyl adjacent to an activating group) is 1. The molecule has 1 saturated heterocycles. The summed E-state index contributed by atoms with van der Waals surface area (Å²) in [5, 5.41) is 3.32. The number of hydrogen-bond donors (Lipinski definition) is 1. The van der Waals surface area contributed by atoms with Crippen LogP contribution in [0.5, 0.6) is 0 Å². The minimum atomic E-state index is -0.473. The van der Waals surface area contributed by atoms with Crippen molar-refractivity contribution in [2.45, 2.75) is 52.2 Å². The molecule has 0 saturated carbocycles. The Morgan fingerprint density at radius 3 is 2.40 bits per heavy atom. The lowest BCUT2D eigenvalue weighted by Gasteiger charge is -2.34. The lowest BCUT2D eigenvalue weighted by Crippen LogP contribution is -2.48. The highest BCUT2D eigenvalue weighted by molar-refractivity contribution is 14.0. The number of aliphatic imine (C=N–C) groups is 1. The van der Waals surface area contributed by atoms with E-state index in [4.69, 9.17) is 9.47 Å². The molecule has 0 bridgehead atoms. The van der Waals surface area contributed by atoms with E-state index in [1.807, 2.05) is 27.7 Å². The van der Waals surface area contributed by atoms with Crippen molar-refractivity contribution in [1.82, 2.24) is 15.1 Å². The van der Waals surface area contributed by atoms with Gasteiger partial charge in [-0.1, -0.05) is 0 Å². The highest BCUT2D eigenvalue weighted by atomic mass is 127. The van der Waals surface area contributed by atoms with Gasteiger partial charge in [-0.3, -0.25) is 4.99 Å². The number of amides is 1. The number of carbonyl (C=O) groups is 1. The van der Waals surface area contributed by atoms with Gasteiger partial charge in [0.25, 0.3) is 0 Å². The Morgan fingerprint density at radius 2 is 1.92 bits per heavy atom. The molecule has 1 fully saturated rings. The first-order valence-corrected chi connectivity index (χ1v) is 8.78. The average molecular weight is 470 g/mol. The van der Waals surface area contributed by atoms with Gasteiger partial charge in [-0.2, -0.15) is 0 Å². The van der Waals surface area contributed by atoms with Crippen LogP contribution in [0.25, 0.3) is 0 Å². The van der Waals surface area contributed by atoms with Crippen LogP contribution >= 0.6 is 24.0 Å². The smallest absolute Gasteiger partial charge is 0.410 e. The number of ether oxygens (including phenoxy) is 2. The van der Waals surface area contributed by atoms with E-state index >= 15 is 0 Å². The van der Waals surface area contributed by atoms with Gasteiger partial charge in [0.15, 0.2) is 5.96 Å². The number of nitrogens with zero attached hydrogens (tertiary/aromatic N) is 3. The zero-order valence-corrected chi connectivity index (χ0v) is 18.8. The normalized spacial score (nSPS) is 16.2. The van der Waals surface area contributed by atoms with E-state index in [-0.39, 0.29) is 30.1 Å². The van der Waals surface area contributed by atoms with Gasteiger partial charge in [-0.05, 0) is 40.5 Å². The molecule has 0 aromatic carbocycles. The van der Waals surface area contributed by atoms with E-state index in [0.29, 0.717) is 19.2 Å². The standard InChI is InChI=1S/C17H34N4O3.HI/c1-7-23-14-8-11-21(12-9-14)15(18-5)19-10-13-20(6)16(22)24-17(2,3)4;/h14H,7-13H2,1-6H3,(H,18,19);1H. The van der Waals surface area contributed by atoms with E-state index in [9.17, 15) is 4.79 Å². The Bertz CT molecular complexity index is 419. The molecule has 0 aliphatic carbocycles. The van der Waals surface area contributed by atoms with Gasteiger partial charge < -0.3 is 24.6 Å². The molecular formula is C17H35IN4O3. The summed E-state index contributed by atoms with van der Waals surface area (Å²) in [6.45, 7) is 11.5. The number of carbonyl (C=O) groups excluding carboxylic acids is 1. The summed E-state index contributed by atoms with van der Waals surface area (Å²) < 4.78 is 11.0. The largest absolute Gasteiger partial charge is 0.444 e. The number of halogens is 1. The van der Waals surface area contributed by atoms with Gasteiger partial charge in [0.2, 0.25) is 0 Å². The van der Waals surface area contributed by atoms with Crippen LogP contribution in [-0.2, 0) is 9.47 Å². The van der Waals surface area contributed by atoms with Gasteiger partial charge in [0.05, 0.1) is 6.10 Å². The minimum absolute atomic E-state index is 0. The summed E-state index contributed by atoms with van der Waals surface area (Å²) in [6.07, 6.45) is 2.10. The third-order valence-electron chi connectivity index (χ3n) is 3.79. The molecule has 0 atom stereocenters. The Labute approximate surface area is 169 Å². The van der Waals surface area contributed by atoms with Crippen molar-refractivity contribution in [1.29, 1.82) is 0 Å². The molecule has 1 aliphatic rings. The maximum Gasteiger partial charge on any atom is 0.410 e. The minimum Gasteiger partial charge on any atom is -0.444 e. The topological polar surface area (TPSA) is 66.4 Å². The summed E-state index contributed by atoms with van der Waals surface area (Å²) in [5.41, 5.74) is -0.473. The second kappa shape index (κ2) is 11.8. The molecule has 0 aromatic rings. The summed E-state index contributed by atoms with van der Waals surface area (Å²) in [6, 6.07) is 0. The maximum absolute atomic E-state index is 11.9. The molecule has 148 valence electrons. The zero-order chi connectivity index (χ0) is 18.2. The third-order valence-corrected chi connectivity index (χ3v) is 3.79. The predicted molar refractivity (Wildman–Crippen MR) is 112 cm³/mol. The van der Waals surface area contributed by atoms with E-state index in [1.54, 1.807) is 19.0 Å². The van der Waals surface area contributed by atoms with Crippen molar-refractivity contribution < 1.29 is 14.3 Å². The molecule has 1 heterocycles. The van der Waals surface area contributed by atoms with Crippen LogP contribution in [-0.4, -0.2) is 80.4 Å². The average Bonchev–Trinajstić information content (AvgIpc) is 2.51. The molecule has 0 radical (unpaired) electrons. The molecule has 1 amide bonds. The van der Waals surface area contributed by atoms with E-state index in [0.717, 1.165) is 38.5 Å². The zero-order valence-electron chi connectivity index (χ0n) is 16.5. The maximum atomic E-state index is 11.9. The number of nitrogens with one attached hydrogen (secondary N) is 1. The van der Waals surface area contributed by atoms with Crippen LogP contribution in [0.2, 0.25) is 0 Å². The monoisotopic (exact) mass is 470 g/mol. The molecular weight excluding hydrogens is 435 g/mol. The van der Waals surface area contributed by atoms with Crippen molar-refractivity contribution in [2.75, 3.05) is 46.9 Å². The summed E-state index contributed by atoms with van der Waals surface area (Å²) in [7, 11) is 3.53.